The van der Waals surface area contributed by atoms with E-state index < -0.39 is 11.9 Å². The van der Waals surface area contributed by atoms with Gasteiger partial charge in [0.05, 0.1) is 12.1 Å². The van der Waals surface area contributed by atoms with Crippen molar-refractivity contribution in [3.63, 3.8) is 0 Å². The molecule has 0 saturated heterocycles. The highest BCUT2D eigenvalue weighted by atomic mass is 19.1. The first-order valence-electron chi connectivity index (χ1n) is 13.0. The first-order valence-corrected chi connectivity index (χ1v) is 13.0. The molecule has 190 valence electrons. The summed E-state index contributed by atoms with van der Waals surface area (Å²) in [6.07, 6.45) is 13.9. The maximum absolute atomic E-state index is 14.0. The number of amides is 1. The van der Waals surface area contributed by atoms with E-state index in [1.807, 2.05) is 6.08 Å². The van der Waals surface area contributed by atoms with Crippen molar-refractivity contribution in [2.24, 2.45) is 0 Å². The Labute approximate surface area is 211 Å². The zero-order chi connectivity index (χ0) is 25.6. The van der Waals surface area contributed by atoms with Gasteiger partial charge in [0.15, 0.2) is 0 Å². The predicted octanol–water partition coefficient (Wildman–Crippen LogP) is 7.55. The van der Waals surface area contributed by atoms with Crippen LogP contribution in [0.1, 0.15) is 87.0 Å². The molecule has 1 amide bonds. The van der Waals surface area contributed by atoms with Crippen molar-refractivity contribution in [2.75, 3.05) is 0 Å². The summed E-state index contributed by atoms with van der Waals surface area (Å²) < 4.78 is 14.0. The molecule has 1 unspecified atom stereocenters. The molecule has 2 fully saturated rings. The maximum Gasteiger partial charge on any atom is 0.251 e. The van der Waals surface area contributed by atoms with Crippen LogP contribution in [0.4, 0.5) is 4.39 Å². The summed E-state index contributed by atoms with van der Waals surface area (Å²) in [6.45, 7) is 9.24. The van der Waals surface area contributed by atoms with Crippen LogP contribution >= 0.6 is 0 Å². The lowest BCUT2D eigenvalue weighted by atomic mass is 9.91. The number of carbonyl (C=O) groups is 1. The molecule has 2 aromatic carbocycles. The van der Waals surface area contributed by atoms with Crippen LogP contribution in [-0.4, -0.2) is 23.2 Å². The van der Waals surface area contributed by atoms with E-state index in [0.29, 0.717) is 17.6 Å². The van der Waals surface area contributed by atoms with Crippen molar-refractivity contribution in [1.82, 2.24) is 5.32 Å². The molecule has 2 N–H and O–H groups in total. The molecule has 35 heavy (non-hydrogen) atoms. The number of carbonyl (C=O) groups excluding carboxylic acids is 1. The fourth-order valence-corrected chi connectivity index (χ4v) is 4.47. The highest BCUT2D eigenvalue weighted by molar-refractivity contribution is 6.20. The van der Waals surface area contributed by atoms with Crippen molar-refractivity contribution in [3.05, 3.63) is 83.2 Å². The van der Waals surface area contributed by atoms with E-state index in [-0.39, 0.29) is 11.9 Å². The zero-order valence-electron chi connectivity index (χ0n) is 21.7. The minimum absolute atomic E-state index is 0.242. The van der Waals surface area contributed by atoms with Gasteiger partial charge in [-0.15, -0.1) is 0 Å². The number of hydrogen-bond donors (Lipinski definition) is 2. The number of aliphatic hydroxyl groups excluding tert-OH is 1. The quantitative estimate of drug-likeness (QED) is 0.445. The Hall–Kier alpha value is -2.72. The molecular formula is C31H42FNO2. The lowest BCUT2D eigenvalue weighted by Crippen LogP contribution is -2.45. The lowest BCUT2D eigenvalue weighted by Gasteiger charge is -2.28. The average molecular weight is 480 g/mol. The fraction of sp³-hybridized carbons (Fsp3) is 0.452. The van der Waals surface area contributed by atoms with Crippen LogP contribution in [0, 0.1) is 19.7 Å². The van der Waals surface area contributed by atoms with Gasteiger partial charge in [-0.25, -0.2) is 4.39 Å². The molecule has 0 spiro atoms. The largest absolute Gasteiger partial charge is 0.391 e. The third-order valence-electron chi connectivity index (χ3n) is 6.63. The highest BCUT2D eigenvalue weighted by Gasteiger charge is 2.26. The van der Waals surface area contributed by atoms with E-state index in [0.717, 1.165) is 24.8 Å². The number of halogens is 1. The summed E-state index contributed by atoms with van der Waals surface area (Å²) in [5.41, 5.74) is 3.86. The van der Waals surface area contributed by atoms with E-state index in [2.05, 4.69) is 43.1 Å². The first-order chi connectivity index (χ1) is 16.9. The van der Waals surface area contributed by atoms with Gasteiger partial charge in [-0.1, -0.05) is 106 Å². The Kier molecular flexibility index (Phi) is 12.5. The van der Waals surface area contributed by atoms with Gasteiger partial charge in [-0.05, 0) is 50.8 Å². The van der Waals surface area contributed by atoms with Crippen molar-refractivity contribution in [1.29, 1.82) is 0 Å². The number of aliphatic hydroxyl groups is 1. The van der Waals surface area contributed by atoms with Crippen molar-refractivity contribution in [2.45, 2.75) is 90.7 Å². The second-order valence-electron chi connectivity index (χ2n) is 9.45. The van der Waals surface area contributed by atoms with Gasteiger partial charge < -0.3 is 10.4 Å². The average Bonchev–Trinajstić information content (AvgIpc) is 3.44. The molecular weight excluding hydrogens is 437 g/mol. The number of allylic oxidation sites excluding steroid dienone is 1. The van der Waals surface area contributed by atoms with Crippen LogP contribution in [-0.2, 0) is 4.79 Å². The molecule has 0 aliphatic heterocycles. The minimum atomic E-state index is -0.512. The molecule has 2 aliphatic carbocycles. The van der Waals surface area contributed by atoms with Crippen LogP contribution < -0.4 is 5.32 Å². The second kappa shape index (κ2) is 15.3. The summed E-state index contributed by atoms with van der Waals surface area (Å²) in [7, 11) is 0. The molecule has 0 radical (unpaired) electrons. The third-order valence-corrected chi connectivity index (χ3v) is 6.63. The van der Waals surface area contributed by atoms with E-state index in [1.54, 1.807) is 32.1 Å². The van der Waals surface area contributed by atoms with Crippen LogP contribution in [0.3, 0.4) is 0 Å². The van der Waals surface area contributed by atoms with Gasteiger partial charge in [-0.2, -0.15) is 0 Å². The number of nitrogens with one attached hydrogen (secondary N) is 1. The molecule has 4 rings (SSSR count). The van der Waals surface area contributed by atoms with Gasteiger partial charge in [0.25, 0.3) is 5.91 Å². The summed E-state index contributed by atoms with van der Waals surface area (Å²) in [5.74, 6) is -0.723. The maximum atomic E-state index is 14.0. The first kappa shape index (κ1) is 28.5. The number of aryl methyl sites for hydroxylation is 2. The fourth-order valence-electron chi connectivity index (χ4n) is 4.47. The van der Waals surface area contributed by atoms with Gasteiger partial charge in [-0.3, -0.25) is 4.79 Å². The van der Waals surface area contributed by atoms with Crippen LogP contribution in [0.2, 0.25) is 0 Å². The summed E-state index contributed by atoms with van der Waals surface area (Å²) in [4.78, 5) is 12.4. The highest BCUT2D eigenvalue weighted by Crippen LogP contribution is 2.24. The molecule has 0 heterocycles. The predicted molar refractivity (Wildman–Crippen MR) is 146 cm³/mol. The van der Waals surface area contributed by atoms with E-state index in [1.165, 1.54) is 49.3 Å². The second-order valence-corrected chi connectivity index (χ2v) is 9.45. The molecule has 4 heteroatoms. The normalized spacial score (nSPS) is 19.5. The molecule has 2 saturated carbocycles. The van der Waals surface area contributed by atoms with E-state index in [4.69, 9.17) is 0 Å². The summed E-state index contributed by atoms with van der Waals surface area (Å²) >= 11 is 0. The molecule has 2 aromatic rings. The Morgan fingerprint density at radius 3 is 2.09 bits per heavy atom. The smallest absolute Gasteiger partial charge is 0.251 e. The Morgan fingerprint density at radius 2 is 1.57 bits per heavy atom. The van der Waals surface area contributed by atoms with Gasteiger partial charge in [0.2, 0.25) is 0 Å². The van der Waals surface area contributed by atoms with Crippen molar-refractivity contribution >= 4 is 17.6 Å². The topological polar surface area (TPSA) is 49.3 Å². The van der Waals surface area contributed by atoms with Gasteiger partial charge >= 0.3 is 0 Å². The third kappa shape index (κ3) is 9.45. The van der Waals surface area contributed by atoms with Gasteiger partial charge in [0, 0.05) is 11.1 Å². The monoisotopic (exact) mass is 479 g/mol. The minimum Gasteiger partial charge on any atom is -0.391 e. The molecule has 0 aromatic heterocycles. The van der Waals surface area contributed by atoms with Gasteiger partial charge in [0.1, 0.15) is 5.82 Å². The Bertz CT molecular complexity index is 933. The Balaban J connectivity index is 0.000000250. The molecule has 2 atom stereocenters. The summed E-state index contributed by atoms with van der Waals surface area (Å²) in [6, 6.07) is 12.8. The van der Waals surface area contributed by atoms with Crippen LogP contribution in [0.25, 0.3) is 11.6 Å². The molecule has 2 aliphatic rings. The van der Waals surface area contributed by atoms with E-state index in [9.17, 15) is 14.3 Å². The van der Waals surface area contributed by atoms with Crippen molar-refractivity contribution < 1.29 is 14.3 Å². The van der Waals surface area contributed by atoms with Crippen LogP contribution in [0.15, 0.2) is 55.1 Å². The number of hydrogen-bond acceptors (Lipinski definition) is 2. The molecule has 0 bridgehead atoms. The van der Waals surface area contributed by atoms with E-state index >= 15 is 0 Å². The lowest BCUT2D eigenvalue weighted by molar-refractivity contribution is -0.117. The SMILES string of the molecule is C/C=C(/C(=O)NC1CCCC[C@@H]1O)c1c(C)cccc1F.C1CCCC1.C=Cc1ccc(C)cc1. The Morgan fingerprint density at radius 1 is 0.971 bits per heavy atom. The summed E-state index contributed by atoms with van der Waals surface area (Å²) in [5, 5.41) is 12.8. The van der Waals surface area contributed by atoms with Crippen LogP contribution in [0.5, 0.6) is 0 Å². The standard InChI is InChI=1S/C17H22FNO2.C9H10.C5H10/c1-3-12(16-11(2)7-6-8-13(16)18)17(21)19-14-9-4-5-10-15(14)20;1-3-9-6-4-8(2)5-7-9;1-2-4-5-3-1/h3,6-8,14-15,20H,4-5,9-10H2,1-2H3,(H,19,21);3-7H,1H2,2H3;1-5H2/b12-3+;;/t14?,15-;;/m0../s1. The molecule has 3 nitrogen and oxygen atoms in total. The van der Waals surface area contributed by atoms with Crippen molar-refractivity contribution in [3.8, 4) is 0 Å². The number of rotatable bonds is 4. The zero-order valence-corrected chi connectivity index (χ0v) is 21.7. The number of benzene rings is 2.